The number of aliphatic carboxylic acids is 1. The van der Waals surface area contributed by atoms with E-state index in [1.165, 1.54) is 36.7 Å². The molecule has 8 rings (SSSR count). The molecule has 0 spiro atoms. The Hall–Kier alpha value is -5.97. The SMILES string of the molecule is Cc1cc(NC2CCN(C(=O)CCCN3CCN(c4ccc(C(F)(F)F)cc4)CC3)CC2)ncc1[N+](=O)[O-].Cc1cc(NC2CC[NH2+]CC2)ncc1[N+](=O)[O-].O=C([O-])CCCN1CCN(c2ccc(C(F)(F)F)cc2)CC1.[Cl-].[Li+]. The summed E-state index contributed by atoms with van der Waals surface area (Å²) in [5.74, 6) is 0.454. The molecule has 6 heterocycles. The quantitative estimate of drug-likeness (QED) is 0.0587. The van der Waals surface area contributed by atoms with Gasteiger partial charge in [-0.2, -0.15) is 26.3 Å². The molecule has 0 saturated carbocycles. The van der Waals surface area contributed by atoms with E-state index in [9.17, 15) is 61.3 Å². The van der Waals surface area contributed by atoms with Crippen molar-refractivity contribution in [3.05, 3.63) is 116 Å². The number of carbonyl (C=O) groups is 2. The van der Waals surface area contributed by atoms with Crippen molar-refractivity contribution in [2.45, 2.75) is 89.7 Å². The number of nitrogens with one attached hydrogen (secondary N) is 2. The van der Waals surface area contributed by atoms with Crippen LogP contribution in [0.1, 0.15) is 73.6 Å². The van der Waals surface area contributed by atoms with Crippen LogP contribution in [0, 0.1) is 34.1 Å². The molecule has 4 saturated heterocycles. The Morgan fingerprint density at radius 2 is 1.00 bits per heavy atom. The third kappa shape index (κ3) is 20.9. The number of hydrogen-bond donors (Lipinski definition) is 3. The van der Waals surface area contributed by atoms with Gasteiger partial charge in [0.25, 0.3) is 11.4 Å². The number of rotatable bonds is 16. The van der Waals surface area contributed by atoms with Crippen LogP contribution in [0.5, 0.6) is 0 Å². The van der Waals surface area contributed by atoms with Gasteiger partial charge in [-0.3, -0.25) is 34.8 Å². The van der Waals surface area contributed by atoms with Crippen LogP contribution in [0.25, 0.3) is 0 Å². The average Bonchev–Trinajstić information content (AvgIpc) is 3.39. The Morgan fingerprint density at radius 3 is 1.35 bits per heavy atom. The number of pyridine rings is 2. The van der Waals surface area contributed by atoms with Gasteiger partial charge in [-0.1, -0.05) is 0 Å². The van der Waals surface area contributed by atoms with Crippen molar-refractivity contribution in [3.8, 4) is 0 Å². The minimum atomic E-state index is -4.33. The molecule has 2 aromatic heterocycles. The summed E-state index contributed by atoms with van der Waals surface area (Å²) in [6.45, 7) is 14.6. The van der Waals surface area contributed by atoms with Gasteiger partial charge in [-0.05, 0) is 120 Å². The van der Waals surface area contributed by atoms with Crippen molar-refractivity contribution in [2.75, 3.05) is 112 Å². The number of carbonyl (C=O) groups excluding carboxylic acids is 2. The van der Waals surface area contributed by atoms with Crippen LogP contribution < -0.4 is 62.1 Å². The number of carboxylic acid groups (broad SMARTS) is 1. The minimum absolute atomic E-state index is 0. The fourth-order valence-corrected chi connectivity index (χ4v) is 9.64. The van der Waals surface area contributed by atoms with E-state index in [1.807, 2.05) is 9.80 Å². The van der Waals surface area contributed by atoms with Crippen LogP contribution in [0.15, 0.2) is 73.1 Å². The molecule has 79 heavy (non-hydrogen) atoms. The van der Waals surface area contributed by atoms with Crippen LogP contribution in [-0.2, 0) is 21.9 Å². The van der Waals surface area contributed by atoms with Gasteiger partial charge in [-0.25, -0.2) is 9.97 Å². The summed E-state index contributed by atoms with van der Waals surface area (Å²) in [5.41, 5.74) is 1.58. The van der Waals surface area contributed by atoms with Crippen LogP contribution in [0.2, 0.25) is 0 Å². The summed E-state index contributed by atoms with van der Waals surface area (Å²) in [7, 11) is 0. The van der Waals surface area contributed by atoms with Gasteiger partial charge in [0.05, 0.1) is 34.1 Å². The molecule has 0 bridgehead atoms. The molecule has 4 aliphatic heterocycles. The van der Waals surface area contributed by atoms with Gasteiger partial charge < -0.3 is 53.0 Å². The van der Waals surface area contributed by atoms with Crippen LogP contribution in [-0.4, -0.2) is 150 Å². The molecule has 2 aromatic carbocycles. The maximum absolute atomic E-state index is 12.8. The number of amides is 1. The number of nitrogens with two attached hydrogens (primary N) is 1. The number of carboxylic acids is 1. The normalized spacial score (nSPS) is 16.7. The molecule has 0 atom stereocenters. The van der Waals surface area contributed by atoms with E-state index in [2.05, 4.69) is 40.6 Å². The Morgan fingerprint density at radius 1 is 0.620 bits per heavy atom. The molecule has 0 unspecified atom stereocenters. The average molecular weight is 1130 g/mol. The zero-order valence-electron chi connectivity index (χ0n) is 44.7. The number of hydrogen-bond acceptors (Lipinski definition) is 15. The molecule has 0 radical (unpaired) electrons. The minimum Gasteiger partial charge on any atom is -1.00 e. The topological polar surface area (TPSA) is 226 Å². The number of piperidine rings is 2. The fourth-order valence-electron chi connectivity index (χ4n) is 9.64. The summed E-state index contributed by atoms with van der Waals surface area (Å²) in [6.07, 6.45) is -0.382. The van der Waals surface area contributed by atoms with Crippen molar-refractivity contribution >= 4 is 46.3 Å². The number of aryl methyl sites for hydroxylation is 2. The van der Waals surface area contributed by atoms with E-state index in [-0.39, 0.29) is 61.0 Å². The molecule has 428 valence electrons. The summed E-state index contributed by atoms with van der Waals surface area (Å²) >= 11 is 0. The molecule has 27 heteroatoms. The molecular weight excluding hydrogens is 1060 g/mol. The first-order valence-electron chi connectivity index (χ1n) is 26.0. The number of benzene rings is 2. The van der Waals surface area contributed by atoms with Crippen molar-refractivity contribution in [2.24, 2.45) is 0 Å². The van der Waals surface area contributed by atoms with Crippen LogP contribution >= 0.6 is 0 Å². The third-order valence-electron chi connectivity index (χ3n) is 14.1. The largest absolute Gasteiger partial charge is 1.00 e. The van der Waals surface area contributed by atoms with E-state index < -0.39 is 39.3 Å². The first-order valence-corrected chi connectivity index (χ1v) is 26.0. The molecule has 4 N–H and O–H groups in total. The maximum Gasteiger partial charge on any atom is 1.00 e. The van der Waals surface area contributed by atoms with E-state index in [4.69, 9.17) is 0 Å². The third-order valence-corrected chi connectivity index (χ3v) is 14.1. The van der Waals surface area contributed by atoms with Crippen molar-refractivity contribution in [1.29, 1.82) is 0 Å². The monoisotopic (exact) mass is 1130 g/mol. The van der Waals surface area contributed by atoms with Crippen LogP contribution in [0.4, 0.5) is 60.7 Å². The molecule has 1 amide bonds. The van der Waals surface area contributed by atoms with E-state index in [0.717, 1.165) is 146 Å². The first kappa shape index (κ1) is 65.5. The summed E-state index contributed by atoms with van der Waals surface area (Å²) in [4.78, 5) is 62.6. The molecule has 0 aliphatic carbocycles. The standard InChI is InChI=1S/C26H33F3N6O3.C15H19F3N2O2.C11H16N4O2.ClH.Li/c1-19-17-24(30-18-23(19)35(37)38)31-21-8-11-34(12-9-21)25(36)3-2-10-32-13-15-33(16-14-32)22-6-4-20(5-7-22)26(27,28)29;16-15(17,18)12-3-5-13(6-4-12)20-10-8-19(9-11-20)7-1-2-14(21)22;1-8-6-11(13-7-10(8)15(16)17)14-9-2-4-12-5-3-9;;/h4-7,17-18,21H,2-3,8-16H2,1H3,(H,30,31);3-6H,1-2,7-11H2,(H,21,22);6-7,9,12H,2-5H2,1H3,(H,13,14);1H;/q;;;;+1/p-1. The Kier molecular flexibility index (Phi) is 25.8. The van der Waals surface area contributed by atoms with Crippen molar-refractivity contribution in [1.82, 2.24) is 24.7 Å². The Labute approximate surface area is 473 Å². The zero-order valence-corrected chi connectivity index (χ0v) is 45.5. The number of halogens is 7. The van der Waals surface area contributed by atoms with Crippen LogP contribution in [0.3, 0.4) is 0 Å². The fraction of sp³-hybridized carbons (Fsp3) is 0.538. The van der Waals surface area contributed by atoms with Gasteiger partial charge in [0, 0.05) is 125 Å². The Bertz CT molecular complexity index is 2560. The molecule has 4 fully saturated rings. The number of likely N-dealkylation sites (tertiary alicyclic amines) is 1. The number of nitrogens with zero attached hydrogens (tertiary/aromatic N) is 9. The smallest absolute Gasteiger partial charge is 1.00 e. The molecule has 4 aromatic rings. The molecule has 19 nitrogen and oxygen atoms in total. The number of aromatic nitrogens is 2. The summed E-state index contributed by atoms with van der Waals surface area (Å²) < 4.78 is 75.9. The second kappa shape index (κ2) is 31.1. The maximum atomic E-state index is 12.8. The predicted octanol–water partition coefficient (Wildman–Crippen LogP) is 0.124. The Balaban J connectivity index is 0.000000278. The summed E-state index contributed by atoms with van der Waals surface area (Å²) in [5, 5.41) is 40.9. The number of anilines is 4. The predicted molar refractivity (Wildman–Crippen MR) is 276 cm³/mol. The van der Waals surface area contributed by atoms with Gasteiger partial charge in [0.1, 0.15) is 24.0 Å². The second-order valence-electron chi connectivity index (χ2n) is 19.6. The number of piperazine rings is 2. The first-order chi connectivity index (χ1) is 36.6. The van der Waals surface area contributed by atoms with Gasteiger partial charge in [0.2, 0.25) is 5.91 Å². The van der Waals surface area contributed by atoms with E-state index >= 15 is 0 Å². The molecular formula is C52H68ClF6LiN12O7. The van der Waals surface area contributed by atoms with E-state index in [0.29, 0.717) is 55.5 Å². The van der Waals surface area contributed by atoms with Gasteiger partial charge in [-0.15, -0.1) is 0 Å². The second-order valence-corrected chi connectivity index (χ2v) is 19.6. The van der Waals surface area contributed by atoms with Gasteiger partial charge in [0.15, 0.2) is 0 Å². The summed E-state index contributed by atoms with van der Waals surface area (Å²) in [6, 6.07) is 14.5. The zero-order chi connectivity index (χ0) is 55.7. The van der Waals surface area contributed by atoms with Gasteiger partial charge >= 0.3 is 31.2 Å². The van der Waals surface area contributed by atoms with Crippen molar-refractivity contribution in [3.63, 3.8) is 0 Å². The van der Waals surface area contributed by atoms with E-state index in [1.54, 1.807) is 26.0 Å². The number of nitro groups is 2. The van der Waals surface area contributed by atoms with Crippen molar-refractivity contribution < 1.29 is 87.5 Å². The number of alkyl halides is 6. The molecule has 4 aliphatic rings. The number of quaternary nitrogens is 1.